The van der Waals surface area contributed by atoms with Crippen LogP contribution in [0.5, 0.6) is 0 Å². The van der Waals surface area contributed by atoms with E-state index in [0.717, 1.165) is 5.69 Å². The van der Waals surface area contributed by atoms with E-state index < -0.39 is 6.10 Å². The largest absolute Gasteiger partial charge is 0.390 e. The van der Waals surface area contributed by atoms with Crippen LogP contribution in [0.2, 0.25) is 0 Å². The van der Waals surface area contributed by atoms with Gasteiger partial charge in [-0.2, -0.15) is 5.10 Å². The van der Waals surface area contributed by atoms with Crippen molar-refractivity contribution in [2.45, 2.75) is 52.4 Å². The van der Waals surface area contributed by atoms with Crippen molar-refractivity contribution in [3.05, 3.63) is 18.0 Å². The number of ether oxygens (including phenoxy) is 1. The van der Waals surface area contributed by atoms with Crippen LogP contribution in [0.3, 0.4) is 0 Å². The molecule has 0 aliphatic carbocycles. The van der Waals surface area contributed by atoms with Gasteiger partial charge < -0.3 is 9.84 Å². The third kappa shape index (κ3) is 3.82. The lowest BCUT2D eigenvalue weighted by molar-refractivity contribution is -0.0372. The van der Waals surface area contributed by atoms with Crippen molar-refractivity contribution in [3.63, 3.8) is 0 Å². The van der Waals surface area contributed by atoms with E-state index in [9.17, 15) is 5.11 Å². The second-order valence-corrected chi connectivity index (χ2v) is 5.10. The molecule has 0 aliphatic heterocycles. The fourth-order valence-corrected chi connectivity index (χ4v) is 1.98. The monoisotopic (exact) mass is 240 g/mol. The van der Waals surface area contributed by atoms with E-state index in [0.29, 0.717) is 18.4 Å². The third-order valence-electron chi connectivity index (χ3n) is 2.92. The fraction of sp³-hybridized carbons (Fsp3) is 0.769. The molecule has 1 aromatic heterocycles. The summed E-state index contributed by atoms with van der Waals surface area (Å²) in [7, 11) is 1.64. The summed E-state index contributed by atoms with van der Waals surface area (Å²) < 4.78 is 7.22. The van der Waals surface area contributed by atoms with Gasteiger partial charge in [0.25, 0.3) is 0 Å². The molecule has 2 unspecified atom stereocenters. The lowest BCUT2D eigenvalue weighted by Gasteiger charge is -2.24. The zero-order chi connectivity index (χ0) is 13.0. The Kier molecular flexibility index (Phi) is 5.15. The predicted octanol–water partition coefficient (Wildman–Crippen LogP) is 2.04. The summed E-state index contributed by atoms with van der Waals surface area (Å²) in [5.74, 6) is 0.294. The van der Waals surface area contributed by atoms with E-state index in [1.807, 2.05) is 30.8 Å². The molecule has 1 heterocycles. The Bertz CT molecular complexity index is 334. The molecule has 2 atom stereocenters. The van der Waals surface area contributed by atoms with Crippen molar-refractivity contribution in [2.24, 2.45) is 5.92 Å². The summed E-state index contributed by atoms with van der Waals surface area (Å²) >= 11 is 0. The SMILES string of the molecule is COC(C(C)C)C(O)Cc1ccn(C(C)C)n1. The summed E-state index contributed by atoms with van der Waals surface area (Å²) in [6.45, 7) is 8.26. The van der Waals surface area contributed by atoms with Crippen molar-refractivity contribution < 1.29 is 9.84 Å². The minimum atomic E-state index is -0.504. The maximum absolute atomic E-state index is 10.1. The van der Waals surface area contributed by atoms with E-state index in [2.05, 4.69) is 18.9 Å². The summed E-state index contributed by atoms with van der Waals surface area (Å²) in [5.41, 5.74) is 0.911. The zero-order valence-electron chi connectivity index (χ0n) is 11.4. The average molecular weight is 240 g/mol. The fourth-order valence-electron chi connectivity index (χ4n) is 1.98. The Morgan fingerprint density at radius 2 is 2.00 bits per heavy atom. The Morgan fingerprint density at radius 3 is 2.41 bits per heavy atom. The van der Waals surface area contributed by atoms with Crippen LogP contribution in [0.25, 0.3) is 0 Å². The first-order chi connectivity index (χ1) is 7.95. The maximum Gasteiger partial charge on any atom is 0.0860 e. The molecular weight excluding hydrogens is 216 g/mol. The third-order valence-corrected chi connectivity index (χ3v) is 2.92. The minimum absolute atomic E-state index is 0.140. The molecular formula is C13H24N2O2. The number of methoxy groups -OCH3 is 1. The zero-order valence-corrected chi connectivity index (χ0v) is 11.4. The van der Waals surface area contributed by atoms with Gasteiger partial charge in [0, 0.05) is 25.8 Å². The summed E-state index contributed by atoms with van der Waals surface area (Å²) in [6.07, 6.45) is 1.84. The van der Waals surface area contributed by atoms with E-state index in [4.69, 9.17) is 4.74 Å². The van der Waals surface area contributed by atoms with Gasteiger partial charge in [-0.25, -0.2) is 0 Å². The van der Waals surface area contributed by atoms with Gasteiger partial charge in [-0.3, -0.25) is 4.68 Å². The van der Waals surface area contributed by atoms with Crippen molar-refractivity contribution in [2.75, 3.05) is 7.11 Å². The number of rotatable bonds is 6. The van der Waals surface area contributed by atoms with Crippen LogP contribution in [-0.4, -0.2) is 34.2 Å². The molecule has 0 aromatic carbocycles. The van der Waals surface area contributed by atoms with Gasteiger partial charge in [-0.05, 0) is 25.8 Å². The van der Waals surface area contributed by atoms with Crippen LogP contribution < -0.4 is 0 Å². The second kappa shape index (κ2) is 6.17. The molecule has 1 aromatic rings. The molecule has 0 saturated carbocycles. The van der Waals surface area contributed by atoms with Gasteiger partial charge in [0.15, 0.2) is 0 Å². The number of aliphatic hydroxyl groups excluding tert-OH is 1. The Morgan fingerprint density at radius 1 is 1.35 bits per heavy atom. The summed E-state index contributed by atoms with van der Waals surface area (Å²) in [4.78, 5) is 0. The van der Waals surface area contributed by atoms with Crippen molar-refractivity contribution in [3.8, 4) is 0 Å². The normalized spacial score (nSPS) is 15.5. The highest BCUT2D eigenvalue weighted by Crippen LogP contribution is 2.14. The molecule has 17 heavy (non-hydrogen) atoms. The lowest BCUT2D eigenvalue weighted by Crippen LogP contribution is -2.34. The smallest absolute Gasteiger partial charge is 0.0860 e. The van der Waals surface area contributed by atoms with Crippen LogP contribution >= 0.6 is 0 Å². The quantitative estimate of drug-likeness (QED) is 0.827. The topological polar surface area (TPSA) is 47.3 Å². The van der Waals surface area contributed by atoms with Crippen LogP contribution in [-0.2, 0) is 11.2 Å². The standard InChI is InChI=1S/C13H24N2O2/c1-9(2)13(17-5)12(16)8-11-6-7-15(14-11)10(3)4/h6-7,9-10,12-13,16H,8H2,1-5H3. The molecule has 0 amide bonds. The minimum Gasteiger partial charge on any atom is -0.390 e. The Labute approximate surface area is 104 Å². The molecule has 98 valence electrons. The molecule has 4 heteroatoms. The number of nitrogens with zero attached hydrogens (tertiary/aromatic N) is 2. The Balaban J connectivity index is 2.63. The highest BCUT2D eigenvalue weighted by Gasteiger charge is 2.23. The molecule has 0 bridgehead atoms. The van der Waals surface area contributed by atoms with Gasteiger partial charge in [0.1, 0.15) is 0 Å². The van der Waals surface area contributed by atoms with E-state index in [-0.39, 0.29) is 6.10 Å². The summed E-state index contributed by atoms with van der Waals surface area (Å²) in [6, 6.07) is 2.31. The van der Waals surface area contributed by atoms with Gasteiger partial charge in [-0.1, -0.05) is 13.8 Å². The van der Waals surface area contributed by atoms with E-state index in [1.165, 1.54) is 0 Å². The summed E-state index contributed by atoms with van der Waals surface area (Å²) in [5, 5.41) is 14.5. The Hall–Kier alpha value is -0.870. The van der Waals surface area contributed by atoms with Crippen LogP contribution in [0.15, 0.2) is 12.3 Å². The number of hydrogen-bond donors (Lipinski definition) is 1. The average Bonchev–Trinajstić information content (AvgIpc) is 2.66. The predicted molar refractivity (Wildman–Crippen MR) is 68.0 cm³/mol. The first-order valence-electron chi connectivity index (χ1n) is 6.20. The number of aliphatic hydroxyl groups is 1. The van der Waals surface area contributed by atoms with E-state index in [1.54, 1.807) is 7.11 Å². The van der Waals surface area contributed by atoms with Gasteiger partial charge in [0.05, 0.1) is 17.9 Å². The maximum atomic E-state index is 10.1. The van der Waals surface area contributed by atoms with Gasteiger partial charge >= 0.3 is 0 Å². The molecule has 0 spiro atoms. The first kappa shape index (κ1) is 14.2. The van der Waals surface area contributed by atoms with Crippen molar-refractivity contribution >= 4 is 0 Å². The van der Waals surface area contributed by atoms with Crippen LogP contribution in [0.1, 0.15) is 39.4 Å². The lowest BCUT2D eigenvalue weighted by atomic mass is 9.98. The molecule has 4 nitrogen and oxygen atoms in total. The first-order valence-corrected chi connectivity index (χ1v) is 6.20. The highest BCUT2D eigenvalue weighted by atomic mass is 16.5. The van der Waals surface area contributed by atoms with Gasteiger partial charge in [-0.15, -0.1) is 0 Å². The highest BCUT2D eigenvalue weighted by molar-refractivity contribution is 5.02. The van der Waals surface area contributed by atoms with Gasteiger partial charge in [0.2, 0.25) is 0 Å². The van der Waals surface area contributed by atoms with Crippen molar-refractivity contribution in [1.82, 2.24) is 9.78 Å². The number of hydrogen-bond acceptors (Lipinski definition) is 3. The van der Waals surface area contributed by atoms with Crippen molar-refractivity contribution in [1.29, 1.82) is 0 Å². The molecule has 0 aliphatic rings. The van der Waals surface area contributed by atoms with Crippen LogP contribution in [0.4, 0.5) is 0 Å². The molecule has 0 saturated heterocycles. The second-order valence-electron chi connectivity index (χ2n) is 5.10. The van der Waals surface area contributed by atoms with E-state index >= 15 is 0 Å². The van der Waals surface area contributed by atoms with Crippen LogP contribution in [0, 0.1) is 5.92 Å². The molecule has 0 fully saturated rings. The molecule has 0 radical (unpaired) electrons. The number of aromatic nitrogens is 2. The molecule has 1 N–H and O–H groups in total. The molecule has 1 rings (SSSR count).